The van der Waals surface area contributed by atoms with Gasteiger partial charge in [-0.3, -0.25) is 4.79 Å². The molecule has 98 valence electrons. The van der Waals surface area contributed by atoms with Crippen LogP contribution in [0.3, 0.4) is 0 Å². The van der Waals surface area contributed by atoms with E-state index in [0.29, 0.717) is 19.6 Å². The molecule has 1 aliphatic rings. The van der Waals surface area contributed by atoms with Crippen LogP contribution in [-0.2, 0) is 21.5 Å². The van der Waals surface area contributed by atoms with Gasteiger partial charge in [0.2, 0.25) is 5.91 Å². The lowest BCUT2D eigenvalue weighted by Gasteiger charge is -2.43. The van der Waals surface area contributed by atoms with Gasteiger partial charge in [0.25, 0.3) is 0 Å². The second kappa shape index (κ2) is 5.29. The summed E-state index contributed by atoms with van der Waals surface area (Å²) in [6, 6.07) is 5.84. The Kier molecular flexibility index (Phi) is 3.93. The Morgan fingerprint density at radius 2 is 2.17 bits per heavy atom. The molecule has 1 fully saturated rings. The van der Waals surface area contributed by atoms with Crippen LogP contribution in [0.4, 0.5) is 0 Å². The second-order valence-corrected chi connectivity index (χ2v) is 5.07. The van der Waals surface area contributed by atoms with Crippen molar-refractivity contribution in [3.63, 3.8) is 0 Å². The number of carbonyl (C=O) groups excluding carboxylic acids is 1. The van der Waals surface area contributed by atoms with E-state index in [9.17, 15) is 4.79 Å². The standard InChI is InChI=1S/C14H18ClNO2/c1-3-10-7-11(15)5-6-12(10)14(8-18-9-14)16-13(17)4-2/h5-7H,3-4,8-9H2,1-2H3,(H,16,17). The average molecular weight is 268 g/mol. The molecule has 0 unspecified atom stereocenters. The zero-order valence-corrected chi connectivity index (χ0v) is 11.5. The van der Waals surface area contributed by atoms with Gasteiger partial charge in [-0.2, -0.15) is 0 Å². The minimum Gasteiger partial charge on any atom is -0.376 e. The fraction of sp³-hybridized carbons (Fsp3) is 0.500. The molecule has 0 spiro atoms. The van der Waals surface area contributed by atoms with Crippen LogP contribution in [0.5, 0.6) is 0 Å². The lowest BCUT2D eigenvalue weighted by Crippen LogP contribution is -2.59. The van der Waals surface area contributed by atoms with Gasteiger partial charge in [-0.15, -0.1) is 0 Å². The van der Waals surface area contributed by atoms with Crippen LogP contribution in [0.15, 0.2) is 18.2 Å². The van der Waals surface area contributed by atoms with Gasteiger partial charge in [0.15, 0.2) is 0 Å². The summed E-state index contributed by atoms with van der Waals surface area (Å²) in [6.07, 6.45) is 1.37. The lowest BCUT2D eigenvalue weighted by molar-refractivity contribution is -0.133. The smallest absolute Gasteiger partial charge is 0.220 e. The molecule has 4 heteroatoms. The largest absolute Gasteiger partial charge is 0.376 e. The molecule has 18 heavy (non-hydrogen) atoms. The number of hydrogen-bond donors (Lipinski definition) is 1. The number of carbonyl (C=O) groups is 1. The number of nitrogens with one attached hydrogen (secondary N) is 1. The minimum atomic E-state index is -0.358. The molecule has 0 aliphatic carbocycles. The molecular formula is C14H18ClNO2. The number of hydrogen-bond acceptors (Lipinski definition) is 2. The number of rotatable bonds is 4. The maximum atomic E-state index is 11.7. The third-order valence-corrected chi connectivity index (χ3v) is 3.60. The van der Waals surface area contributed by atoms with E-state index in [-0.39, 0.29) is 11.4 Å². The first-order valence-corrected chi connectivity index (χ1v) is 6.66. The van der Waals surface area contributed by atoms with Crippen LogP contribution in [0.25, 0.3) is 0 Å². The molecule has 1 saturated heterocycles. The van der Waals surface area contributed by atoms with Crippen LogP contribution in [-0.4, -0.2) is 19.1 Å². The molecule has 0 bridgehead atoms. The summed E-state index contributed by atoms with van der Waals surface area (Å²) in [6.45, 7) is 5.01. The number of aryl methyl sites for hydroxylation is 1. The van der Waals surface area contributed by atoms with Gasteiger partial charge in [0, 0.05) is 11.4 Å². The highest BCUT2D eigenvalue weighted by atomic mass is 35.5. The van der Waals surface area contributed by atoms with Crippen LogP contribution >= 0.6 is 11.6 Å². The molecule has 1 amide bonds. The molecule has 0 atom stereocenters. The molecule has 0 radical (unpaired) electrons. The van der Waals surface area contributed by atoms with Crippen molar-refractivity contribution in [1.82, 2.24) is 5.32 Å². The van der Waals surface area contributed by atoms with Gasteiger partial charge in [-0.1, -0.05) is 31.5 Å². The van der Waals surface area contributed by atoms with Crippen LogP contribution in [0.1, 0.15) is 31.4 Å². The molecule has 1 N–H and O–H groups in total. The molecule has 1 aromatic carbocycles. The average Bonchev–Trinajstić information content (AvgIpc) is 2.33. The Hall–Kier alpha value is -1.06. The predicted octanol–water partition coefficient (Wildman–Crippen LogP) is 2.65. The Labute approximate surface area is 112 Å². The number of benzene rings is 1. The zero-order chi connectivity index (χ0) is 13.2. The van der Waals surface area contributed by atoms with Crippen molar-refractivity contribution >= 4 is 17.5 Å². The Balaban J connectivity index is 2.35. The maximum Gasteiger partial charge on any atom is 0.220 e. The van der Waals surface area contributed by atoms with E-state index in [4.69, 9.17) is 16.3 Å². The van der Waals surface area contributed by atoms with E-state index in [1.165, 1.54) is 5.56 Å². The van der Waals surface area contributed by atoms with Gasteiger partial charge < -0.3 is 10.1 Å². The highest BCUT2D eigenvalue weighted by Gasteiger charge is 2.42. The van der Waals surface area contributed by atoms with Crippen molar-refractivity contribution in [3.05, 3.63) is 34.3 Å². The van der Waals surface area contributed by atoms with Crippen LogP contribution in [0.2, 0.25) is 5.02 Å². The van der Waals surface area contributed by atoms with Gasteiger partial charge >= 0.3 is 0 Å². The summed E-state index contributed by atoms with van der Waals surface area (Å²) < 4.78 is 5.32. The van der Waals surface area contributed by atoms with E-state index in [1.54, 1.807) is 0 Å². The molecule has 2 rings (SSSR count). The van der Waals surface area contributed by atoms with Gasteiger partial charge in [-0.05, 0) is 29.7 Å². The van der Waals surface area contributed by atoms with Crippen molar-refractivity contribution < 1.29 is 9.53 Å². The Morgan fingerprint density at radius 1 is 1.44 bits per heavy atom. The summed E-state index contributed by atoms with van der Waals surface area (Å²) in [5, 5.41) is 3.81. The number of halogens is 1. The molecule has 1 heterocycles. The van der Waals surface area contributed by atoms with E-state index in [0.717, 1.165) is 17.0 Å². The van der Waals surface area contributed by atoms with E-state index in [1.807, 2.05) is 25.1 Å². The monoisotopic (exact) mass is 267 g/mol. The number of amides is 1. The first-order chi connectivity index (χ1) is 8.61. The normalized spacial score (nSPS) is 17.1. The maximum absolute atomic E-state index is 11.7. The third kappa shape index (κ3) is 2.38. The molecule has 0 saturated carbocycles. The second-order valence-electron chi connectivity index (χ2n) is 4.63. The molecule has 3 nitrogen and oxygen atoms in total. The minimum absolute atomic E-state index is 0.0512. The van der Waals surface area contributed by atoms with Crippen LogP contribution < -0.4 is 5.32 Å². The summed E-state index contributed by atoms with van der Waals surface area (Å²) in [7, 11) is 0. The van der Waals surface area contributed by atoms with Crippen molar-refractivity contribution in [3.8, 4) is 0 Å². The fourth-order valence-corrected chi connectivity index (χ4v) is 2.47. The molecule has 1 aliphatic heterocycles. The SMILES string of the molecule is CCC(=O)NC1(c2ccc(Cl)cc2CC)COC1. The van der Waals surface area contributed by atoms with Gasteiger partial charge in [0.1, 0.15) is 5.54 Å². The summed E-state index contributed by atoms with van der Waals surface area (Å²) >= 11 is 6.02. The quantitative estimate of drug-likeness (QED) is 0.911. The molecule has 0 aromatic heterocycles. The van der Waals surface area contributed by atoms with E-state index < -0.39 is 0 Å². The zero-order valence-electron chi connectivity index (χ0n) is 10.8. The first-order valence-electron chi connectivity index (χ1n) is 6.29. The van der Waals surface area contributed by atoms with E-state index in [2.05, 4.69) is 12.2 Å². The van der Waals surface area contributed by atoms with Crippen molar-refractivity contribution in [2.75, 3.05) is 13.2 Å². The summed E-state index contributed by atoms with van der Waals surface area (Å²) in [4.78, 5) is 11.7. The fourth-order valence-electron chi connectivity index (χ4n) is 2.28. The lowest BCUT2D eigenvalue weighted by atomic mass is 9.83. The van der Waals surface area contributed by atoms with Crippen LogP contribution in [0, 0.1) is 0 Å². The van der Waals surface area contributed by atoms with Gasteiger partial charge in [0.05, 0.1) is 13.2 Å². The van der Waals surface area contributed by atoms with Gasteiger partial charge in [-0.25, -0.2) is 0 Å². The highest BCUT2D eigenvalue weighted by molar-refractivity contribution is 6.30. The number of ether oxygens (including phenoxy) is 1. The van der Waals surface area contributed by atoms with Crippen molar-refractivity contribution in [2.24, 2.45) is 0 Å². The molecular weight excluding hydrogens is 250 g/mol. The first kappa shape index (κ1) is 13.4. The molecule has 1 aromatic rings. The Bertz CT molecular complexity index is 455. The topological polar surface area (TPSA) is 38.3 Å². The summed E-state index contributed by atoms with van der Waals surface area (Å²) in [5.41, 5.74) is 1.94. The Morgan fingerprint density at radius 3 is 2.67 bits per heavy atom. The third-order valence-electron chi connectivity index (χ3n) is 3.36. The van der Waals surface area contributed by atoms with Crippen molar-refractivity contribution in [1.29, 1.82) is 0 Å². The van der Waals surface area contributed by atoms with Crippen molar-refractivity contribution in [2.45, 2.75) is 32.2 Å². The highest BCUT2D eigenvalue weighted by Crippen LogP contribution is 2.33. The predicted molar refractivity (Wildman–Crippen MR) is 71.8 cm³/mol. The van der Waals surface area contributed by atoms with E-state index >= 15 is 0 Å². The summed E-state index contributed by atoms with van der Waals surface area (Å²) in [5.74, 6) is 0.0512.